The predicted octanol–water partition coefficient (Wildman–Crippen LogP) is 3.15. The van der Waals surface area contributed by atoms with Crippen molar-refractivity contribution in [1.82, 2.24) is 15.1 Å². The lowest BCUT2D eigenvalue weighted by molar-refractivity contribution is 0.173. The van der Waals surface area contributed by atoms with Crippen LogP contribution < -0.4 is 5.32 Å². The van der Waals surface area contributed by atoms with Crippen molar-refractivity contribution in [3.8, 4) is 0 Å². The van der Waals surface area contributed by atoms with Crippen molar-refractivity contribution in [2.45, 2.75) is 44.7 Å². The highest BCUT2D eigenvalue weighted by atomic mass is 32.1. The minimum atomic E-state index is -0.169. The number of thiocarbonyl (C=S) groups is 1. The van der Waals surface area contributed by atoms with Crippen LogP contribution in [0.25, 0.3) is 0 Å². The van der Waals surface area contributed by atoms with Gasteiger partial charge in [-0.1, -0.05) is 31.4 Å². The summed E-state index contributed by atoms with van der Waals surface area (Å²) >= 11 is 5.59. The Hall–Kier alpha value is -1.20. The van der Waals surface area contributed by atoms with Gasteiger partial charge in [-0.3, -0.25) is 4.90 Å². The maximum absolute atomic E-state index is 13.0. The lowest BCUT2D eigenvalue weighted by Crippen LogP contribution is -2.53. The molecule has 2 aliphatic rings. The molecule has 0 radical (unpaired) electrons. The maximum Gasteiger partial charge on any atom is 0.169 e. The molecule has 1 aromatic rings. The van der Waals surface area contributed by atoms with Crippen LogP contribution in [0.15, 0.2) is 24.3 Å². The molecular weight excluding hydrogens is 309 g/mol. The van der Waals surface area contributed by atoms with E-state index in [9.17, 15) is 4.39 Å². The zero-order valence-corrected chi connectivity index (χ0v) is 14.5. The Bertz CT molecular complexity index is 506. The first-order valence-electron chi connectivity index (χ1n) is 8.73. The SMILES string of the molecule is Fc1ccc(CN2CCN(C(=S)NC3CCCCC3)CC2)cc1. The highest BCUT2D eigenvalue weighted by molar-refractivity contribution is 7.80. The lowest BCUT2D eigenvalue weighted by Gasteiger charge is -2.37. The van der Waals surface area contributed by atoms with Gasteiger partial charge in [0, 0.05) is 38.8 Å². The molecule has 0 spiro atoms. The van der Waals surface area contributed by atoms with Crippen molar-refractivity contribution < 1.29 is 4.39 Å². The van der Waals surface area contributed by atoms with Crippen molar-refractivity contribution in [2.75, 3.05) is 26.2 Å². The third-order valence-electron chi connectivity index (χ3n) is 4.91. The number of benzene rings is 1. The Morgan fingerprint density at radius 3 is 2.35 bits per heavy atom. The summed E-state index contributed by atoms with van der Waals surface area (Å²) in [6, 6.07) is 7.39. The van der Waals surface area contributed by atoms with Crippen LogP contribution in [0.4, 0.5) is 4.39 Å². The van der Waals surface area contributed by atoms with Gasteiger partial charge in [0.15, 0.2) is 5.11 Å². The fourth-order valence-electron chi connectivity index (χ4n) is 3.47. The third-order valence-corrected chi connectivity index (χ3v) is 5.29. The minimum Gasteiger partial charge on any atom is -0.360 e. The van der Waals surface area contributed by atoms with Crippen LogP contribution >= 0.6 is 12.2 Å². The van der Waals surface area contributed by atoms with E-state index in [2.05, 4.69) is 15.1 Å². The number of hydrogen-bond acceptors (Lipinski definition) is 2. The Morgan fingerprint density at radius 2 is 1.70 bits per heavy atom. The number of nitrogens with one attached hydrogen (secondary N) is 1. The Labute approximate surface area is 143 Å². The van der Waals surface area contributed by atoms with E-state index in [1.807, 2.05) is 12.1 Å². The van der Waals surface area contributed by atoms with Crippen LogP contribution in [-0.4, -0.2) is 47.1 Å². The van der Waals surface area contributed by atoms with Crippen LogP contribution in [0, 0.1) is 5.82 Å². The molecule has 1 aliphatic heterocycles. The van der Waals surface area contributed by atoms with Crippen molar-refractivity contribution in [1.29, 1.82) is 0 Å². The highest BCUT2D eigenvalue weighted by Gasteiger charge is 2.21. The van der Waals surface area contributed by atoms with Gasteiger partial charge in [-0.05, 0) is 42.8 Å². The predicted molar refractivity (Wildman–Crippen MR) is 95.9 cm³/mol. The molecule has 1 saturated heterocycles. The molecule has 2 fully saturated rings. The normalized spacial score (nSPS) is 20.5. The molecule has 0 atom stereocenters. The van der Waals surface area contributed by atoms with Gasteiger partial charge in [-0.25, -0.2) is 4.39 Å². The van der Waals surface area contributed by atoms with Gasteiger partial charge in [0.1, 0.15) is 5.82 Å². The van der Waals surface area contributed by atoms with Crippen molar-refractivity contribution in [3.63, 3.8) is 0 Å². The summed E-state index contributed by atoms with van der Waals surface area (Å²) in [5.74, 6) is -0.169. The summed E-state index contributed by atoms with van der Waals surface area (Å²) in [5, 5.41) is 4.49. The van der Waals surface area contributed by atoms with Crippen LogP contribution in [0.3, 0.4) is 0 Å². The molecule has 0 aromatic heterocycles. The average Bonchev–Trinajstić information content (AvgIpc) is 2.58. The molecule has 23 heavy (non-hydrogen) atoms. The fraction of sp³-hybridized carbons (Fsp3) is 0.611. The fourth-order valence-corrected chi connectivity index (χ4v) is 3.82. The van der Waals surface area contributed by atoms with Gasteiger partial charge in [0.25, 0.3) is 0 Å². The van der Waals surface area contributed by atoms with Gasteiger partial charge < -0.3 is 10.2 Å². The smallest absolute Gasteiger partial charge is 0.169 e. The Morgan fingerprint density at radius 1 is 1.04 bits per heavy atom. The average molecular weight is 335 g/mol. The number of rotatable bonds is 3. The monoisotopic (exact) mass is 335 g/mol. The topological polar surface area (TPSA) is 18.5 Å². The van der Waals surface area contributed by atoms with Crippen LogP contribution in [0.5, 0.6) is 0 Å². The van der Waals surface area contributed by atoms with E-state index in [-0.39, 0.29) is 5.82 Å². The molecule has 0 unspecified atom stereocenters. The van der Waals surface area contributed by atoms with E-state index in [1.54, 1.807) is 0 Å². The van der Waals surface area contributed by atoms with E-state index < -0.39 is 0 Å². The minimum absolute atomic E-state index is 0.169. The van der Waals surface area contributed by atoms with E-state index >= 15 is 0 Å². The first kappa shape index (κ1) is 16.7. The number of piperazine rings is 1. The van der Waals surface area contributed by atoms with Crippen LogP contribution in [-0.2, 0) is 6.54 Å². The molecule has 3 rings (SSSR count). The molecule has 1 aromatic carbocycles. The largest absolute Gasteiger partial charge is 0.360 e. The zero-order valence-electron chi connectivity index (χ0n) is 13.6. The molecule has 1 N–H and O–H groups in total. The molecule has 0 bridgehead atoms. The first-order valence-corrected chi connectivity index (χ1v) is 9.14. The van der Waals surface area contributed by atoms with Crippen molar-refractivity contribution in [2.24, 2.45) is 0 Å². The summed E-state index contributed by atoms with van der Waals surface area (Å²) in [7, 11) is 0. The number of halogens is 1. The summed E-state index contributed by atoms with van der Waals surface area (Å²) in [5.41, 5.74) is 1.17. The zero-order chi connectivity index (χ0) is 16.1. The Balaban J connectivity index is 1.42. The second kappa shape index (κ2) is 8.06. The quantitative estimate of drug-likeness (QED) is 0.855. The molecular formula is C18H26FN3S. The molecule has 5 heteroatoms. The van der Waals surface area contributed by atoms with Crippen LogP contribution in [0.1, 0.15) is 37.7 Å². The highest BCUT2D eigenvalue weighted by Crippen LogP contribution is 2.18. The van der Waals surface area contributed by atoms with Gasteiger partial charge in [-0.15, -0.1) is 0 Å². The van der Waals surface area contributed by atoms with Gasteiger partial charge >= 0.3 is 0 Å². The summed E-state index contributed by atoms with van der Waals surface area (Å²) in [6.07, 6.45) is 6.53. The summed E-state index contributed by atoms with van der Waals surface area (Å²) in [4.78, 5) is 4.71. The van der Waals surface area contributed by atoms with Crippen molar-refractivity contribution >= 4 is 17.3 Å². The van der Waals surface area contributed by atoms with Crippen molar-refractivity contribution in [3.05, 3.63) is 35.6 Å². The summed E-state index contributed by atoms with van der Waals surface area (Å²) in [6.45, 7) is 4.84. The number of hydrogen-bond donors (Lipinski definition) is 1. The van der Waals surface area contributed by atoms with Gasteiger partial charge in [0.2, 0.25) is 0 Å². The molecule has 0 amide bonds. The first-order chi connectivity index (χ1) is 11.2. The standard InChI is InChI=1S/C18H26FN3S/c19-16-8-6-15(7-9-16)14-21-10-12-22(13-11-21)18(23)20-17-4-2-1-3-5-17/h6-9,17H,1-5,10-14H2,(H,20,23). The number of nitrogens with zero attached hydrogens (tertiary/aromatic N) is 2. The second-order valence-corrected chi connectivity index (χ2v) is 7.06. The van der Waals surface area contributed by atoms with Gasteiger partial charge in [0.05, 0.1) is 0 Å². The van der Waals surface area contributed by atoms with E-state index in [1.165, 1.54) is 49.8 Å². The van der Waals surface area contributed by atoms with E-state index in [0.29, 0.717) is 6.04 Å². The third kappa shape index (κ3) is 4.88. The van der Waals surface area contributed by atoms with Crippen LogP contribution in [0.2, 0.25) is 0 Å². The Kier molecular flexibility index (Phi) is 5.84. The molecule has 3 nitrogen and oxygen atoms in total. The van der Waals surface area contributed by atoms with E-state index in [4.69, 9.17) is 12.2 Å². The maximum atomic E-state index is 13.0. The second-order valence-electron chi connectivity index (χ2n) is 6.67. The molecule has 126 valence electrons. The van der Waals surface area contributed by atoms with E-state index in [0.717, 1.165) is 37.8 Å². The molecule has 1 aliphatic carbocycles. The lowest BCUT2D eigenvalue weighted by atomic mass is 9.96. The molecule has 1 heterocycles. The van der Waals surface area contributed by atoms with Gasteiger partial charge in [-0.2, -0.15) is 0 Å². The summed E-state index contributed by atoms with van der Waals surface area (Å²) < 4.78 is 13.0. The molecule has 1 saturated carbocycles.